The average Bonchev–Trinajstić information content (AvgIpc) is 2.77. The third-order valence-electron chi connectivity index (χ3n) is 4.13. The zero-order valence-electron chi connectivity index (χ0n) is 8.21. The Morgan fingerprint density at radius 3 is 2.15 bits per heavy atom. The molecule has 3 fully saturated rings. The Morgan fingerprint density at radius 2 is 1.62 bits per heavy atom. The van der Waals surface area contributed by atoms with Crippen LogP contribution >= 0.6 is 0 Å². The van der Waals surface area contributed by atoms with Gasteiger partial charge in [-0.3, -0.25) is 4.90 Å². The molecule has 1 saturated heterocycles. The number of likely N-dealkylation sites (tertiary alicyclic amines) is 1. The number of β-amino-alcohol motifs (C(OH)–C–C–N with tert-alkyl or cyclic N) is 1. The van der Waals surface area contributed by atoms with Crippen molar-refractivity contribution >= 4 is 0 Å². The first-order valence-corrected chi connectivity index (χ1v) is 5.74. The highest BCUT2D eigenvalue weighted by Crippen LogP contribution is 2.46. The normalized spacial score (nSPS) is 34.8. The van der Waals surface area contributed by atoms with E-state index in [1.807, 2.05) is 0 Å². The molecule has 0 spiro atoms. The van der Waals surface area contributed by atoms with Gasteiger partial charge in [0.2, 0.25) is 0 Å². The van der Waals surface area contributed by atoms with E-state index in [0.29, 0.717) is 5.92 Å². The van der Waals surface area contributed by atoms with Crippen molar-refractivity contribution in [2.75, 3.05) is 13.1 Å². The summed E-state index contributed by atoms with van der Waals surface area (Å²) in [7, 11) is 0. The highest BCUT2D eigenvalue weighted by atomic mass is 16.3. The molecule has 2 nitrogen and oxygen atoms in total. The van der Waals surface area contributed by atoms with Crippen molar-refractivity contribution in [1.82, 2.24) is 4.90 Å². The van der Waals surface area contributed by atoms with E-state index in [1.54, 1.807) is 0 Å². The summed E-state index contributed by atoms with van der Waals surface area (Å²) in [6.45, 7) is 1.95. The maximum Gasteiger partial charge on any atom is 0.0928 e. The SMILES string of the molecule is OC1(C2CC2)CN(C2CCCC2)C1. The molecule has 74 valence electrons. The van der Waals surface area contributed by atoms with E-state index in [9.17, 15) is 5.11 Å². The van der Waals surface area contributed by atoms with Crippen molar-refractivity contribution in [2.45, 2.75) is 50.2 Å². The lowest BCUT2D eigenvalue weighted by molar-refractivity contribution is -0.128. The third kappa shape index (κ3) is 1.31. The van der Waals surface area contributed by atoms with Gasteiger partial charge >= 0.3 is 0 Å². The van der Waals surface area contributed by atoms with Crippen LogP contribution in [0.1, 0.15) is 38.5 Å². The summed E-state index contributed by atoms with van der Waals surface area (Å²) in [6, 6.07) is 0.819. The molecule has 0 bridgehead atoms. The second-order valence-corrected chi connectivity index (χ2v) is 5.22. The zero-order chi connectivity index (χ0) is 8.89. The van der Waals surface area contributed by atoms with Crippen LogP contribution in [0.15, 0.2) is 0 Å². The molecule has 0 atom stereocenters. The Balaban J connectivity index is 1.55. The second-order valence-electron chi connectivity index (χ2n) is 5.22. The minimum absolute atomic E-state index is 0.261. The number of rotatable bonds is 2. The van der Waals surface area contributed by atoms with Crippen LogP contribution in [0.5, 0.6) is 0 Å². The number of nitrogens with zero attached hydrogens (tertiary/aromatic N) is 1. The van der Waals surface area contributed by atoms with E-state index in [4.69, 9.17) is 0 Å². The lowest BCUT2D eigenvalue weighted by Gasteiger charge is -2.50. The molecule has 2 aliphatic carbocycles. The predicted molar refractivity (Wildman–Crippen MR) is 51.5 cm³/mol. The van der Waals surface area contributed by atoms with E-state index in [0.717, 1.165) is 19.1 Å². The summed E-state index contributed by atoms with van der Waals surface area (Å²) in [5.41, 5.74) is -0.261. The van der Waals surface area contributed by atoms with Crippen molar-refractivity contribution in [2.24, 2.45) is 5.92 Å². The standard InChI is InChI=1S/C11H19NO/c13-11(9-5-6-9)7-12(8-11)10-3-1-2-4-10/h9-10,13H,1-8H2. The predicted octanol–water partition coefficient (Wildman–Crippen LogP) is 1.39. The monoisotopic (exact) mass is 181 g/mol. The van der Waals surface area contributed by atoms with E-state index >= 15 is 0 Å². The largest absolute Gasteiger partial charge is 0.387 e. The molecule has 2 saturated carbocycles. The summed E-state index contributed by atoms with van der Waals surface area (Å²) in [4.78, 5) is 2.51. The lowest BCUT2D eigenvalue weighted by Crippen LogP contribution is -2.65. The smallest absolute Gasteiger partial charge is 0.0928 e. The Hall–Kier alpha value is -0.0800. The highest BCUT2D eigenvalue weighted by molar-refractivity contribution is 5.07. The van der Waals surface area contributed by atoms with E-state index in [2.05, 4.69) is 4.90 Å². The first kappa shape index (κ1) is 8.25. The maximum atomic E-state index is 10.1. The number of hydrogen-bond donors (Lipinski definition) is 1. The number of aliphatic hydroxyl groups is 1. The van der Waals surface area contributed by atoms with Crippen LogP contribution in [0.3, 0.4) is 0 Å². The molecule has 0 radical (unpaired) electrons. The van der Waals surface area contributed by atoms with Gasteiger partial charge in [-0.05, 0) is 31.6 Å². The second kappa shape index (κ2) is 2.71. The van der Waals surface area contributed by atoms with Crippen LogP contribution in [0.4, 0.5) is 0 Å². The van der Waals surface area contributed by atoms with Crippen LogP contribution in [0.25, 0.3) is 0 Å². The van der Waals surface area contributed by atoms with Gasteiger partial charge in [-0.15, -0.1) is 0 Å². The lowest BCUT2D eigenvalue weighted by atomic mass is 9.87. The van der Waals surface area contributed by atoms with Crippen LogP contribution in [-0.4, -0.2) is 34.7 Å². The topological polar surface area (TPSA) is 23.5 Å². The van der Waals surface area contributed by atoms with Crippen LogP contribution < -0.4 is 0 Å². The third-order valence-corrected chi connectivity index (χ3v) is 4.13. The molecule has 1 aliphatic heterocycles. The van der Waals surface area contributed by atoms with Crippen molar-refractivity contribution in [3.05, 3.63) is 0 Å². The quantitative estimate of drug-likeness (QED) is 0.696. The molecule has 0 aromatic rings. The molecule has 3 rings (SSSR count). The fourth-order valence-corrected chi connectivity index (χ4v) is 3.06. The summed E-state index contributed by atoms with van der Waals surface area (Å²) < 4.78 is 0. The van der Waals surface area contributed by atoms with Gasteiger partial charge in [0.15, 0.2) is 0 Å². The van der Waals surface area contributed by atoms with Crippen molar-refractivity contribution in [1.29, 1.82) is 0 Å². The molecular formula is C11H19NO. The van der Waals surface area contributed by atoms with Crippen LogP contribution in [-0.2, 0) is 0 Å². The van der Waals surface area contributed by atoms with Gasteiger partial charge in [-0.25, -0.2) is 0 Å². The minimum atomic E-state index is -0.261. The Morgan fingerprint density at radius 1 is 1.00 bits per heavy atom. The molecule has 0 unspecified atom stereocenters. The molecule has 3 aliphatic rings. The van der Waals surface area contributed by atoms with Crippen molar-refractivity contribution in [3.63, 3.8) is 0 Å². The van der Waals surface area contributed by atoms with Gasteiger partial charge in [0.1, 0.15) is 0 Å². The highest BCUT2D eigenvalue weighted by Gasteiger charge is 2.53. The minimum Gasteiger partial charge on any atom is -0.387 e. The fourth-order valence-electron chi connectivity index (χ4n) is 3.06. The first-order valence-electron chi connectivity index (χ1n) is 5.74. The Kier molecular flexibility index (Phi) is 1.72. The summed E-state index contributed by atoms with van der Waals surface area (Å²) in [5, 5.41) is 10.1. The Labute approximate surface area is 79.9 Å². The van der Waals surface area contributed by atoms with Gasteiger partial charge in [-0.2, -0.15) is 0 Å². The first-order chi connectivity index (χ1) is 6.28. The van der Waals surface area contributed by atoms with Crippen LogP contribution in [0, 0.1) is 5.92 Å². The Bertz CT molecular complexity index is 200. The van der Waals surface area contributed by atoms with Gasteiger partial charge in [0.25, 0.3) is 0 Å². The molecule has 2 heteroatoms. The maximum absolute atomic E-state index is 10.1. The summed E-state index contributed by atoms with van der Waals surface area (Å²) in [5.74, 6) is 0.658. The fraction of sp³-hybridized carbons (Fsp3) is 1.00. The van der Waals surface area contributed by atoms with Gasteiger partial charge in [0.05, 0.1) is 5.60 Å². The van der Waals surface area contributed by atoms with Crippen molar-refractivity contribution in [3.8, 4) is 0 Å². The van der Waals surface area contributed by atoms with Gasteiger partial charge in [0, 0.05) is 19.1 Å². The molecule has 0 amide bonds. The molecule has 1 heterocycles. The van der Waals surface area contributed by atoms with Crippen molar-refractivity contribution < 1.29 is 5.11 Å². The molecule has 0 aromatic carbocycles. The van der Waals surface area contributed by atoms with E-state index < -0.39 is 0 Å². The average molecular weight is 181 g/mol. The molecular weight excluding hydrogens is 162 g/mol. The zero-order valence-corrected chi connectivity index (χ0v) is 8.21. The molecule has 13 heavy (non-hydrogen) atoms. The number of hydrogen-bond acceptors (Lipinski definition) is 2. The summed E-state index contributed by atoms with van der Waals surface area (Å²) >= 11 is 0. The van der Waals surface area contributed by atoms with Crippen LogP contribution in [0.2, 0.25) is 0 Å². The van der Waals surface area contributed by atoms with E-state index in [1.165, 1.54) is 38.5 Å². The molecule has 0 aromatic heterocycles. The van der Waals surface area contributed by atoms with Gasteiger partial charge < -0.3 is 5.11 Å². The van der Waals surface area contributed by atoms with E-state index in [-0.39, 0.29) is 5.60 Å². The molecule has 1 N–H and O–H groups in total. The summed E-state index contributed by atoms with van der Waals surface area (Å²) in [6.07, 6.45) is 8.11. The van der Waals surface area contributed by atoms with Gasteiger partial charge in [-0.1, -0.05) is 12.8 Å².